The summed E-state index contributed by atoms with van der Waals surface area (Å²) in [6, 6.07) is 14.8. The van der Waals surface area contributed by atoms with E-state index in [0.29, 0.717) is 6.04 Å². The van der Waals surface area contributed by atoms with Crippen molar-refractivity contribution < 1.29 is 4.84 Å². The molecule has 1 fully saturated rings. The number of hydrogen-bond donors (Lipinski definition) is 0. The number of rotatable bonds is 2. The number of hydrogen-bond acceptors (Lipinski definition) is 3. The third kappa shape index (κ3) is 2.09. The molecule has 0 amide bonds. The zero-order valence-corrected chi connectivity index (χ0v) is 10.4. The second kappa shape index (κ2) is 4.78. The van der Waals surface area contributed by atoms with Crippen LogP contribution in [0.4, 0.5) is 5.69 Å². The van der Waals surface area contributed by atoms with Crippen molar-refractivity contribution in [2.75, 3.05) is 11.7 Å². The van der Waals surface area contributed by atoms with Crippen LogP contribution >= 0.6 is 0 Å². The van der Waals surface area contributed by atoms with E-state index in [0.717, 1.165) is 24.4 Å². The number of aryl methyl sites for hydroxylation is 1. The van der Waals surface area contributed by atoms with Crippen molar-refractivity contribution >= 4 is 5.69 Å². The lowest BCUT2D eigenvalue weighted by Gasteiger charge is -2.24. The molecular formula is C15H16N2O. The fraction of sp³-hybridized carbons (Fsp3) is 0.267. The second-order valence-corrected chi connectivity index (χ2v) is 4.53. The highest BCUT2D eigenvalue weighted by molar-refractivity contribution is 5.47. The van der Waals surface area contributed by atoms with Crippen molar-refractivity contribution in [3.05, 3.63) is 59.9 Å². The molecule has 1 aliphatic heterocycles. The highest BCUT2D eigenvalue weighted by Crippen LogP contribution is 2.34. The van der Waals surface area contributed by atoms with E-state index >= 15 is 0 Å². The Kier molecular flexibility index (Phi) is 2.99. The molecule has 1 saturated heterocycles. The number of hydroxylamine groups is 1. The van der Waals surface area contributed by atoms with Crippen molar-refractivity contribution in [2.24, 2.45) is 0 Å². The molecule has 0 saturated carbocycles. The molecule has 2 aromatic rings. The minimum Gasteiger partial charge on any atom is -0.273 e. The molecule has 1 aromatic carbocycles. The molecule has 0 radical (unpaired) electrons. The SMILES string of the molecule is Cc1cc(N2OCCC2c2ccccc2)ccn1. The third-order valence-corrected chi connectivity index (χ3v) is 3.22. The Hall–Kier alpha value is -1.87. The summed E-state index contributed by atoms with van der Waals surface area (Å²) >= 11 is 0. The van der Waals surface area contributed by atoms with E-state index in [1.165, 1.54) is 5.56 Å². The van der Waals surface area contributed by atoms with Crippen LogP contribution in [0.25, 0.3) is 0 Å². The summed E-state index contributed by atoms with van der Waals surface area (Å²) in [6.07, 6.45) is 2.85. The zero-order valence-electron chi connectivity index (χ0n) is 10.4. The largest absolute Gasteiger partial charge is 0.273 e. The standard InChI is InChI=1S/C15H16N2O/c1-12-11-14(7-9-16-12)17-15(8-10-18-17)13-5-3-2-4-6-13/h2-7,9,11,15H,8,10H2,1H3. The number of benzene rings is 1. The van der Waals surface area contributed by atoms with Gasteiger partial charge in [0.1, 0.15) is 0 Å². The monoisotopic (exact) mass is 240 g/mol. The average Bonchev–Trinajstić information content (AvgIpc) is 2.89. The Morgan fingerprint density at radius 3 is 2.83 bits per heavy atom. The number of aromatic nitrogens is 1. The van der Waals surface area contributed by atoms with Gasteiger partial charge in [0.2, 0.25) is 0 Å². The van der Waals surface area contributed by atoms with E-state index in [9.17, 15) is 0 Å². The first-order valence-corrected chi connectivity index (χ1v) is 6.24. The molecule has 1 atom stereocenters. The van der Waals surface area contributed by atoms with E-state index in [2.05, 4.69) is 35.3 Å². The van der Waals surface area contributed by atoms with Gasteiger partial charge in [-0.3, -0.25) is 9.82 Å². The summed E-state index contributed by atoms with van der Waals surface area (Å²) in [5, 5.41) is 2.00. The summed E-state index contributed by atoms with van der Waals surface area (Å²) in [6.45, 7) is 2.76. The summed E-state index contributed by atoms with van der Waals surface area (Å²) in [5.74, 6) is 0. The molecule has 0 aliphatic carbocycles. The van der Waals surface area contributed by atoms with Crippen molar-refractivity contribution in [3.63, 3.8) is 0 Å². The topological polar surface area (TPSA) is 25.4 Å². The molecular weight excluding hydrogens is 224 g/mol. The fourth-order valence-corrected chi connectivity index (χ4v) is 2.37. The third-order valence-electron chi connectivity index (χ3n) is 3.22. The van der Waals surface area contributed by atoms with Gasteiger partial charge < -0.3 is 0 Å². The predicted molar refractivity (Wildman–Crippen MR) is 71.2 cm³/mol. The maximum Gasteiger partial charge on any atom is 0.0838 e. The van der Waals surface area contributed by atoms with Crippen LogP contribution in [-0.4, -0.2) is 11.6 Å². The summed E-state index contributed by atoms with van der Waals surface area (Å²) in [4.78, 5) is 9.99. The second-order valence-electron chi connectivity index (χ2n) is 4.53. The molecule has 2 heterocycles. The van der Waals surface area contributed by atoms with Crippen molar-refractivity contribution in [1.29, 1.82) is 0 Å². The number of nitrogens with zero attached hydrogens (tertiary/aromatic N) is 2. The lowest BCUT2D eigenvalue weighted by molar-refractivity contribution is 0.159. The molecule has 1 unspecified atom stereocenters. The predicted octanol–water partition coefficient (Wildman–Crippen LogP) is 3.27. The van der Waals surface area contributed by atoms with Crippen molar-refractivity contribution in [3.8, 4) is 0 Å². The van der Waals surface area contributed by atoms with Crippen LogP contribution in [-0.2, 0) is 4.84 Å². The Balaban J connectivity index is 1.92. The van der Waals surface area contributed by atoms with E-state index in [-0.39, 0.29) is 0 Å². The van der Waals surface area contributed by atoms with Crippen molar-refractivity contribution in [2.45, 2.75) is 19.4 Å². The van der Waals surface area contributed by atoms with Crippen molar-refractivity contribution in [1.82, 2.24) is 4.98 Å². The minimum atomic E-state index is 0.299. The molecule has 3 rings (SSSR count). The van der Waals surface area contributed by atoms with Gasteiger partial charge >= 0.3 is 0 Å². The van der Waals surface area contributed by atoms with Crippen LogP contribution in [0, 0.1) is 6.92 Å². The molecule has 1 aliphatic rings. The van der Waals surface area contributed by atoms with Gasteiger partial charge in [0.05, 0.1) is 18.3 Å². The van der Waals surface area contributed by atoms with Gasteiger partial charge in [0, 0.05) is 18.3 Å². The minimum absolute atomic E-state index is 0.299. The van der Waals surface area contributed by atoms with Gasteiger partial charge in [-0.05, 0) is 24.6 Å². The van der Waals surface area contributed by atoms with Crippen LogP contribution in [0.1, 0.15) is 23.7 Å². The van der Waals surface area contributed by atoms with Crippen LogP contribution in [0.2, 0.25) is 0 Å². The lowest BCUT2D eigenvalue weighted by atomic mass is 10.0. The number of pyridine rings is 1. The number of anilines is 1. The maximum absolute atomic E-state index is 5.77. The molecule has 3 heteroatoms. The molecule has 0 spiro atoms. The zero-order chi connectivity index (χ0) is 12.4. The molecule has 0 N–H and O–H groups in total. The van der Waals surface area contributed by atoms with Gasteiger partial charge in [-0.1, -0.05) is 30.3 Å². The van der Waals surface area contributed by atoms with Gasteiger partial charge in [-0.25, -0.2) is 5.06 Å². The van der Waals surface area contributed by atoms with E-state index < -0.39 is 0 Å². The highest BCUT2D eigenvalue weighted by atomic mass is 16.7. The first-order valence-electron chi connectivity index (χ1n) is 6.24. The van der Waals surface area contributed by atoms with E-state index in [1.54, 1.807) is 0 Å². The summed E-state index contributed by atoms with van der Waals surface area (Å²) in [7, 11) is 0. The summed E-state index contributed by atoms with van der Waals surface area (Å²) in [5.41, 5.74) is 3.38. The van der Waals surface area contributed by atoms with Crippen LogP contribution in [0.3, 0.4) is 0 Å². The first-order chi connectivity index (χ1) is 8.84. The molecule has 1 aromatic heterocycles. The highest BCUT2D eigenvalue weighted by Gasteiger charge is 2.27. The molecule has 92 valence electrons. The molecule has 0 bridgehead atoms. The normalized spacial score (nSPS) is 19.2. The van der Waals surface area contributed by atoms with Crippen LogP contribution < -0.4 is 5.06 Å². The quantitative estimate of drug-likeness (QED) is 0.805. The van der Waals surface area contributed by atoms with Gasteiger partial charge in [-0.2, -0.15) is 0 Å². The lowest BCUT2D eigenvalue weighted by Crippen LogP contribution is -2.21. The van der Waals surface area contributed by atoms with Crippen LogP contribution in [0.15, 0.2) is 48.7 Å². The fourth-order valence-electron chi connectivity index (χ4n) is 2.37. The Morgan fingerprint density at radius 2 is 2.06 bits per heavy atom. The Labute approximate surface area is 107 Å². The van der Waals surface area contributed by atoms with Gasteiger partial charge in [-0.15, -0.1) is 0 Å². The van der Waals surface area contributed by atoms with Gasteiger partial charge in [0.25, 0.3) is 0 Å². The summed E-state index contributed by atoms with van der Waals surface area (Å²) < 4.78 is 0. The Bertz CT molecular complexity index is 527. The van der Waals surface area contributed by atoms with Crippen LogP contribution in [0.5, 0.6) is 0 Å². The van der Waals surface area contributed by atoms with E-state index in [4.69, 9.17) is 4.84 Å². The molecule has 3 nitrogen and oxygen atoms in total. The van der Waals surface area contributed by atoms with E-state index in [1.807, 2.05) is 30.3 Å². The maximum atomic E-state index is 5.77. The Morgan fingerprint density at radius 1 is 1.22 bits per heavy atom. The molecule has 18 heavy (non-hydrogen) atoms. The average molecular weight is 240 g/mol. The first kappa shape index (κ1) is 11.2. The smallest absolute Gasteiger partial charge is 0.0838 e. The van der Waals surface area contributed by atoms with Gasteiger partial charge in [0.15, 0.2) is 0 Å².